The van der Waals surface area contributed by atoms with Crippen LogP contribution >= 0.6 is 11.6 Å². The van der Waals surface area contributed by atoms with Gasteiger partial charge in [-0.2, -0.15) is 4.98 Å². The van der Waals surface area contributed by atoms with Gasteiger partial charge in [-0.05, 0) is 43.0 Å². The van der Waals surface area contributed by atoms with Crippen LogP contribution < -0.4 is 15.2 Å². The fourth-order valence-electron chi connectivity index (χ4n) is 3.15. The minimum absolute atomic E-state index is 0.107. The van der Waals surface area contributed by atoms with Crippen molar-refractivity contribution >= 4 is 29.0 Å². The van der Waals surface area contributed by atoms with Gasteiger partial charge in [0.15, 0.2) is 0 Å². The average Bonchev–Trinajstić information content (AvgIpc) is 2.78. The first kappa shape index (κ1) is 26.1. The molecule has 178 valence electrons. The smallest absolute Gasteiger partial charge is 0.354 e. The van der Waals surface area contributed by atoms with Crippen LogP contribution in [0.1, 0.15) is 38.0 Å². The minimum Gasteiger partial charge on any atom is -0.479 e. The number of ether oxygens (including phenoxy) is 3. The van der Waals surface area contributed by atoms with Crippen molar-refractivity contribution in [2.45, 2.75) is 33.8 Å². The van der Waals surface area contributed by atoms with Crippen molar-refractivity contribution in [2.75, 3.05) is 20.8 Å². The number of aryl methyl sites for hydroxylation is 1. The maximum absolute atomic E-state index is 12.6. The Morgan fingerprint density at radius 2 is 1.97 bits per heavy atom. The van der Waals surface area contributed by atoms with Gasteiger partial charge in [-0.15, -0.1) is 0 Å². The zero-order chi connectivity index (χ0) is 24.7. The van der Waals surface area contributed by atoms with E-state index in [2.05, 4.69) is 15.0 Å². The van der Waals surface area contributed by atoms with Crippen LogP contribution in [0.5, 0.6) is 11.9 Å². The Hall–Kier alpha value is -3.17. The lowest BCUT2D eigenvalue weighted by molar-refractivity contribution is -0.138. The van der Waals surface area contributed by atoms with Crippen molar-refractivity contribution in [3.8, 4) is 11.9 Å². The van der Waals surface area contributed by atoms with Crippen LogP contribution in [0.2, 0.25) is 5.02 Å². The molecule has 0 aliphatic carbocycles. The first-order chi connectivity index (χ1) is 15.6. The number of halogens is 1. The van der Waals surface area contributed by atoms with Crippen molar-refractivity contribution in [2.24, 2.45) is 16.6 Å². The number of nitrogens with zero attached hydrogens (tertiary/aromatic N) is 3. The van der Waals surface area contributed by atoms with E-state index < -0.39 is 12.1 Å². The molecule has 0 spiro atoms. The van der Waals surface area contributed by atoms with Gasteiger partial charge in [0.05, 0.1) is 32.7 Å². The number of aliphatic hydroxyl groups excluding tert-OH is 1. The summed E-state index contributed by atoms with van der Waals surface area (Å²) in [5, 5.41) is 11.9. The maximum atomic E-state index is 12.6. The fourth-order valence-corrected chi connectivity index (χ4v) is 3.37. The van der Waals surface area contributed by atoms with Crippen LogP contribution in [-0.2, 0) is 9.53 Å². The van der Waals surface area contributed by atoms with Gasteiger partial charge < -0.3 is 25.1 Å². The van der Waals surface area contributed by atoms with Crippen LogP contribution in [0.4, 0.5) is 5.69 Å². The normalized spacial score (nSPS) is 13.4. The Labute approximate surface area is 198 Å². The molecular formula is C23H29ClN4O5. The molecule has 2 aromatic rings. The Morgan fingerprint density at radius 3 is 2.52 bits per heavy atom. The second-order valence-corrected chi connectivity index (χ2v) is 7.79. The van der Waals surface area contributed by atoms with Crippen LogP contribution in [0.25, 0.3) is 0 Å². The summed E-state index contributed by atoms with van der Waals surface area (Å²) >= 11 is 6.08. The minimum atomic E-state index is -1.28. The van der Waals surface area contributed by atoms with Crippen molar-refractivity contribution in [3.05, 3.63) is 51.8 Å². The Bertz CT molecular complexity index is 1070. The number of aliphatic hydroxyl groups is 1. The third-order valence-corrected chi connectivity index (χ3v) is 4.97. The van der Waals surface area contributed by atoms with Crippen LogP contribution in [0.15, 0.2) is 40.7 Å². The molecule has 33 heavy (non-hydrogen) atoms. The molecule has 1 unspecified atom stereocenters. The largest absolute Gasteiger partial charge is 0.479 e. The van der Waals surface area contributed by atoms with Gasteiger partial charge in [0.1, 0.15) is 17.5 Å². The molecule has 10 heteroatoms. The molecule has 2 rings (SSSR count). The van der Waals surface area contributed by atoms with Crippen molar-refractivity contribution in [1.29, 1.82) is 0 Å². The van der Waals surface area contributed by atoms with Gasteiger partial charge in [-0.25, -0.2) is 14.8 Å². The Morgan fingerprint density at radius 1 is 1.27 bits per heavy atom. The topological polar surface area (TPSA) is 129 Å². The lowest BCUT2D eigenvalue weighted by Gasteiger charge is -2.23. The van der Waals surface area contributed by atoms with E-state index in [0.717, 1.165) is 5.56 Å². The van der Waals surface area contributed by atoms with Gasteiger partial charge in [-0.1, -0.05) is 31.5 Å². The lowest BCUT2D eigenvalue weighted by Crippen LogP contribution is -2.27. The summed E-state index contributed by atoms with van der Waals surface area (Å²) in [7, 11) is 2.87. The van der Waals surface area contributed by atoms with E-state index in [9.17, 15) is 9.90 Å². The van der Waals surface area contributed by atoms with Gasteiger partial charge in [0, 0.05) is 10.6 Å². The van der Waals surface area contributed by atoms with E-state index in [1.54, 1.807) is 32.0 Å². The summed E-state index contributed by atoms with van der Waals surface area (Å²) in [6.45, 7) is 7.30. The number of aromatic nitrogens is 2. The molecule has 1 atom stereocenters. The molecule has 1 aromatic carbocycles. The van der Waals surface area contributed by atoms with E-state index in [1.165, 1.54) is 20.4 Å². The fraction of sp³-hybridized carbons (Fsp3) is 0.391. The lowest BCUT2D eigenvalue weighted by atomic mass is 9.88. The van der Waals surface area contributed by atoms with Gasteiger partial charge >= 0.3 is 12.0 Å². The van der Waals surface area contributed by atoms with Gasteiger partial charge in [0.25, 0.3) is 0 Å². The number of carbonyl (C=O) groups is 1. The number of nitrogens with two attached hydrogens (primary N) is 1. The third kappa shape index (κ3) is 6.21. The van der Waals surface area contributed by atoms with E-state index >= 15 is 0 Å². The van der Waals surface area contributed by atoms with Crippen LogP contribution in [0.3, 0.4) is 0 Å². The van der Waals surface area contributed by atoms with E-state index in [4.69, 9.17) is 31.5 Å². The molecule has 0 bridgehead atoms. The average molecular weight is 477 g/mol. The summed E-state index contributed by atoms with van der Waals surface area (Å²) in [4.78, 5) is 25.4. The standard InChI is InChI=1S/C23H29ClN4O5/c1-7-33-22(30)18(25)17(20(29)15-9-8-14(24)10-13(15)4)19(12(2)3)27-16-11-26-23(32-6)28-21(16)31-5/h8-12,20,29H,7,25H2,1-6H3. The van der Waals surface area contributed by atoms with E-state index in [-0.39, 0.29) is 41.4 Å². The molecule has 1 aromatic heterocycles. The number of aliphatic imine (C=N–C) groups is 1. The second kappa shape index (κ2) is 11.6. The summed E-state index contributed by atoms with van der Waals surface area (Å²) in [6, 6.07) is 5.15. The highest BCUT2D eigenvalue weighted by molar-refractivity contribution is 6.30. The van der Waals surface area contributed by atoms with Crippen molar-refractivity contribution in [3.63, 3.8) is 0 Å². The van der Waals surface area contributed by atoms with E-state index in [0.29, 0.717) is 16.3 Å². The molecule has 3 N–H and O–H groups in total. The first-order valence-electron chi connectivity index (χ1n) is 10.3. The summed E-state index contributed by atoms with van der Waals surface area (Å²) in [6.07, 6.45) is 0.142. The summed E-state index contributed by atoms with van der Waals surface area (Å²) in [5.41, 5.74) is 7.95. The maximum Gasteiger partial charge on any atom is 0.354 e. The highest BCUT2D eigenvalue weighted by Crippen LogP contribution is 2.34. The first-order valence-corrected chi connectivity index (χ1v) is 10.7. The zero-order valence-corrected chi connectivity index (χ0v) is 20.3. The van der Waals surface area contributed by atoms with Crippen LogP contribution in [-0.4, -0.2) is 47.6 Å². The molecule has 0 fully saturated rings. The number of methoxy groups -OCH3 is 2. The number of carbonyl (C=O) groups excluding carboxylic acids is 1. The number of esters is 1. The zero-order valence-electron chi connectivity index (χ0n) is 19.5. The van der Waals surface area contributed by atoms with Gasteiger partial charge in [-0.3, -0.25) is 0 Å². The molecule has 0 aliphatic heterocycles. The van der Waals surface area contributed by atoms with Crippen molar-refractivity contribution < 1.29 is 24.1 Å². The summed E-state index contributed by atoms with van der Waals surface area (Å²) < 4.78 is 15.5. The molecular weight excluding hydrogens is 448 g/mol. The second-order valence-electron chi connectivity index (χ2n) is 7.35. The summed E-state index contributed by atoms with van der Waals surface area (Å²) in [5.74, 6) is -0.863. The van der Waals surface area contributed by atoms with Crippen molar-refractivity contribution in [1.82, 2.24) is 9.97 Å². The third-order valence-electron chi connectivity index (χ3n) is 4.74. The SMILES string of the molecule is CCOC(=O)C(N)=C(C(=Nc1cnc(OC)nc1OC)C(C)C)C(O)c1ccc(Cl)cc1C. The monoisotopic (exact) mass is 476 g/mol. The molecule has 0 amide bonds. The van der Waals surface area contributed by atoms with Gasteiger partial charge in [0.2, 0.25) is 5.88 Å². The predicted molar refractivity (Wildman–Crippen MR) is 126 cm³/mol. The highest BCUT2D eigenvalue weighted by atomic mass is 35.5. The number of hydrogen-bond acceptors (Lipinski definition) is 9. The number of hydrogen-bond donors (Lipinski definition) is 2. The Balaban J connectivity index is 2.78. The molecule has 0 saturated carbocycles. The van der Waals surface area contributed by atoms with Crippen LogP contribution in [0, 0.1) is 12.8 Å². The molecule has 0 radical (unpaired) electrons. The Kier molecular flexibility index (Phi) is 9.19. The predicted octanol–water partition coefficient (Wildman–Crippen LogP) is 3.69. The highest BCUT2D eigenvalue weighted by Gasteiger charge is 2.29. The number of rotatable bonds is 9. The molecule has 0 aliphatic rings. The number of benzene rings is 1. The molecule has 9 nitrogen and oxygen atoms in total. The molecule has 1 heterocycles. The quantitative estimate of drug-likeness (QED) is 0.318. The van der Waals surface area contributed by atoms with E-state index in [1.807, 2.05) is 13.8 Å². The molecule has 0 saturated heterocycles.